The van der Waals surface area contributed by atoms with E-state index in [9.17, 15) is 14.0 Å². The van der Waals surface area contributed by atoms with Crippen LogP contribution in [0.2, 0.25) is 0 Å². The van der Waals surface area contributed by atoms with Gasteiger partial charge in [0.1, 0.15) is 11.6 Å². The molecule has 0 bridgehead atoms. The molecule has 9 heteroatoms. The summed E-state index contributed by atoms with van der Waals surface area (Å²) in [5.41, 5.74) is 2.85. The second-order valence-corrected chi connectivity index (χ2v) is 8.95. The van der Waals surface area contributed by atoms with E-state index in [4.69, 9.17) is 9.15 Å². The lowest BCUT2D eigenvalue weighted by molar-refractivity contribution is -0.00130. The smallest absolute Gasteiger partial charge is 0.283 e. The number of carbonyl (C=O) groups is 2. The van der Waals surface area contributed by atoms with Crippen LogP contribution in [0, 0.1) is 12.7 Å². The summed E-state index contributed by atoms with van der Waals surface area (Å²) >= 11 is 1.18. The SMILES string of the molecule is Cc1ccc(-c2csc(C(=O)N3CCOCC3CNC(=O)c3ccc4occcc3-4)n2)c(F)c1. The zero-order chi connectivity index (χ0) is 23.7. The minimum atomic E-state index is -0.371. The number of ether oxygens (including phenoxy) is 1. The number of nitrogens with one attached hydrogen (secondary N) is 1. The highest BCUT2D eigenvalue weighted by Crippen LogP contribution is 2.28. The number of aryl methyl sites for hydroxylation is 1. The van der Waals surface area contributed by atoms with Gasteiger partial charge in [-0.3, -0.25) is 9.59 Å². The highest BCUT2D eigenvalue weighted by Gasteiger charge is 2.31. The summed E-state index contributed by atoms with van der Waals surface area (Å²) in [7, 11) is 0. The number of carbonyl (C=O) groups excluding carboxylic acids is 2. The monoisotopic (exact) mass is 479 g/mol. The number of rotatable bonds is 5. The average molecular weight is 480 g/mol. The molecule has 0 spiro atoms. The van der Waals surface area contributed by atoms with E-state index >= 15 is 0 Å². The summed E-state index contributed by atoms with van der Waals surface area (Å²) in [4.78, 5) is 32.1. The molecule has 1 fully saturated rings. The summed E-state index contributed by atoms with van der Waals surface area (Å²) in [6, 6.07) is 11.6. The van der Waals surface area contributed by atoms with Gasteiger partial charge in [0, 0.05) is 29.6 Å². The van der Waals surface area contributed by atoms with Gasteiger partial charge in [0.15, 0.2) is 5.01 Å². The number of benzene rings is 1. The standard InChI is InChI=1S/C25H22FN3O4S/c1-15-4-5-19(20(26)11-15)21-14-34-24(28-21)25(31)29-8-10-32-13-16(29)12-27-23(30)18-6-7-22-17(18)3-2-9-33-22/h2-7,9,11,14,16H,8,10,12-13H2,1H3,(H,27,30). The van der Waals surface area contributed by atoms with Gasteiger partial charge in [0.25, 0.3) is 11.8 Å². The highest BCUT2D eigenvalue weighted by molar-refractivity contribution is 7.12. The Balaban J connectivity index is 1.29. The molecule has 3 heterocycles. The van der Waals surface area contributed by atoms with E-state index < -0.39 is 0 Å². The Labute approximate surface area is 199 Å². The minimum absolute atomic E-state index is 0.228. The van der Waals surface area contributed by atoms with Crippen molar-refractivity contribution in [3.63, 3.8) is 0 Å². The molecule has 3 aliphatic rings. The predicted octanol–water partition coefficient (Wildman–Crippen LogP) is 4.23. The van der Waals surface area contributed by atoms with Crippen molar-refractivity contribution in [2.45, 2.75) is 13.0 Å². The van der Waals surface area contributed by atoms with Crippen LogP contribution in [0.4, 0.5) is 4.39 Å². The van der Waals surface area contributed by atoms with Gasteiger partial charge >= 0.3 is 0 Å². The van der Waals surface area contributed by atoms with Crippen LogP contribution in [-0.2, 0) is 4.74 Å². The Morgan fingerprint density at radius 1 is 1.24 bits per heavy atom. The van der Waals surface area contributed by atoms with Gasteiger partial charge in [-0.05, 0) is 48.9 Å². The summed E-state index contributed by atoms with van der Waals surface area (Å²) in [6.45, 7) is 3.12. The van der Waals surface area contributed by atoms with Crippen molar-refractivity contribution < 1.29 is 23.1 Å². The van der Waals surface area contributed by atoms with Crippen LogP contribution in [0.5, 0.6) is 0 Å². The van der Waals surface area contributed by atoms with Crippen molar-refractivity contribution in [1.82, 2.24) is 15.2 Å². The molecule has 0 saturated carbocycles. The van der Waals surface area contributed by atoms with Gasteiger partial charge in [-0.2, -0.15) is 0 Å². The highest BCUT2D eigenvalue weighted by atomic mass is 32.1. The molecule has 2 amide bonds. The average Bonchev–Trinajstić information content (AvgIpc) is 3.50. The number of nitrogens with zero attached hydrogens (tertiary/aromatic N) is 2. The lowest BCUT2D eigenvalue weighted by atomic mass is 10.1. The van der Waals surface area contributed by atoms with Crippen LogP contribution >= 0.6 is 11.3 Å². The summed E-state index contributed by atoms with van der Waals surface area (Å²) in [6.07, 6.45) is 1.56. The van der Waals surface area contributed by atoms with Crippen LogP contribution in [0.25, 0.3) is 22.6 Å². The number of thiazole rings is 1. The van der Waals surface area contributed by atoms with Crippen molar-refractivity contribution >= 4 is 23.2 Å². The molecule has 1 saturated heterocycles. The Morgan fingerprint density at radius 3 is 2.97 bits per heavy atom. The molecule has 2 aliphatic heterocycles. The third-order valence-electron chi connectivity index (χ3n) is 5.81. The fourth-order valence-corrected chi connectivity index (χ4v) is 4.81. The first-order chi connectivity index (χ1) is 16.5. The number of morpholine rings is 1. The van der Waals surface area contributed by atoms with Gasteiger partial charge in [-0.25, -0.2) is 9.37 Å². The molecule has 174 valence electrons. The maximum absolute atomic E-state index is 14.4. The summed E-state index contributed by atoms with van der Waals surface area (Å²) < 4.78 is 25.3. The van der Waals surface area contributed by atoms with Crippen LogP contribution < -0.4 is 5.32 Å². The number of aromatic nitrogens is 1. The molecule has 7 nitrogen and oxygen atoms in total. The van der Waals surface area contributed by atoms with E-state index in [1.54, 1.807) is 40.8 Å². The molecule has 1 atom stereocenters. The fourth-order valence-electron chi connectivity index (χ4n) is 4.04. The van der Waals surface area contributed by atoms with Crippen LogP contribution in [-0.4, -0.2) is 54.0 Å². The van der Waals surface area contributed by atoms with Crippen molar-refractivity contribution in [3.8, 4) is 22.6 Å². The first-order valence-electron chi connectivity index (χ1n) is 10.9. The fraction of sp³-hybridized carbons (Fsp3) is 0.240. The molecule has 1 aliphatic carbocycles. The largest absolute Gasteiger partial charge is 0.464 e. The number of amides is 2. The molecular weight excluding hydrogens is 457 g/mol. The number of halogens is 1. The molecule has 34 heavy (non-hydrogen) atoms. The quantitative estimate of drug-likeness (QED) is 0.463. The van der Waals surface area contributed by atoms with Crippen molar-refractivity contribution in [3.05, 3.63) is 76.1 Å². The Hall–Kier alpha value is -3.56. The molecule has 1 aromatic carbocycles. The lowest BCUT2D eigenvalue weighted by Crippen LogP contribution is -2.53. The third kappa shape index (κ3) is 4.32. The third-order valence-corrected chi connectivity index (χ3v) is 6.64. The molecule has 1 unspecified atom stereocenters. The van der Waals surface area contributed by atoms with Crippen molar-refractivity contribution in [2.24, 2.45) is 0 Å². The molecule has 2 aromatic rings. The number of hydrogen-bond donors (Lipinski definition) is 1. The van der Waals surface area contributed by atoms with Gasteiger partial charge < -0.3 is 19.4 Å². The topological polar surface area (TPSA) is 84.7 Å². The summed E-state index contributed by atoms with van der Waals surface area (Å²) in [5.74, 6) is -0.247. The van der Waals surface area contributed by atoms with Crippen LogP contribution in [0.3, 0.4) is 0 Å². The Bertz CT molecular complexity index is 1320. The van der Waals surface area contributed by atoms with Crippen LogP contribution in [0.15, 0.2) is 58.5 Å². The van der Waals surface area contributed by atoms with Crippen molar-refractivity contribution in [2.75, 3.05) is 26.3 Å². The zero-order valence-electron chi connectivity index (χ0n) is 18.4. The molecule has 1 N–H and O–H groups in total. The van der Waals surface area contributed by atoms with E-state index in [0.717, 1.165) is 11.1 Å². The minimum Gasteiger partial charge on any atom is -0.464 e. The first kappa shape index (κ1) is 22.2. The van der Waals surface area contributed by atoms with Gasteiger partial charge in [-0.1, -0.05) is 6.07 Å². The van der Waals surface area contributed by atoms with Gasteiger partial charge in [-0.15, -0.1) is 11.3 Å². The number of fused-ring (bicyclic) bond motifs is 1. The van der Waals surface area contributed by atoms with Crippen molar-refractivity contribution in [1.29, 1.82) is 0 Å². The number of hydrogen-bond acceptors (Lipinski definition) is 6. The summed E-state index contributed by atoms with van der Waals surface area (Å²) in [5, 5.41) is 4.87. The Morgan fingerprint density at radius 2 is 2.12 bits per heavy atom. The second kappa shape index (κ2) is 9.36. The first-order valence-corrected chi connectivity index (χ1v) is 11.7. The van der Waals surface area contributed by atoms with E-state index in [-0.39, 0.29) is 35.2 Å². The van der Waals surface area contributed by atoms with E-state index in [1.165, 1.54) is 17.4 Å². The van der Waals surface area contributed by atoms with Gasteiger partial charge in [0.05, 0.1) is 36.8 Å². The molecular formula is C25H22FN3O4S. The predicted molar refractivity (Wildman–Crippen MR) is 126 cm³/mol. The molecule has 5 rings (SSSR count). The second-order valence-electron chi connectivity index (χ2n) is 8.10. The lowest BCUT2D eigenvalue weighted by Gasteiger charge is -2.35. The maximum Gasteiger partial charge on any atom is 0.283 e. The molecule has 0 radical (unpaired) electrons. The van der Waals surface area contributed by atoms with E-state index in [0.29, 0.717) is 42.3 Å². The Kier molecular flexibility index (Phi) is 6.12. The maximum atomic E-state index is 14.4. The van der Waals surface area contributed by atoms with Crippen LogP contribution in [0.1, 0.15) is 25.7 Å². The van der Waals surface area contributed by atoms with Gasteiger partial charge in [0.2, 0.25) is 0 Å². The van der Waals surface area contributed by atoms with E-state index in [2.05, 4.69) is 10.3 Å². The van der Waals surface area contributed by atoms with E-state index in [1.807, 2.05) is 19.1 Å². The zero-order valence-corrected chi connectivity index (χ0v) is 19.2. The normalized spacial score (nSPS) is 16.1. The molecule has 1 aromatic heterocycles.